The zero-order valence-electron chi connectivity index (χ0n) is 12.2. The number of halogens is 2. The number of para-hydroxylation sites is 1. The van der Waals surface area contributed by atoms with Crippen LogP contribution in [0.3, 0.4) is 0 Å². The molecular formula is C15H22F2N2OS. The minimum Gasteiger partial charge on any atom is -0.434 e. The van der Waals surface area contributed by atoms with Crippen LogP contribution in [0.15, 0.2) is 24.3 Å². The molecule has 2 unspecified atom stereocenters. The molecule has 1 saturated heterocycles. The van der Waals surface area contributed by atoms with Crippen LogP contribution in [-0.2, 0) is 0 Å². The van der Waals surface area contributed by atoms with Gasteiger partial charge in [0, 0.05) is 36.2 Å². The molecular weight excluding hydrogens is 294 g/mol. The Kier molecular flexibility index (Phi) is 6.26. The summed E-state index contributed by atoms with van der Waals surface area (Å²) in [4.78, 5) is 2.29. The molecule has 1 aliphatic rings. The summed E-state index contributed by atoms with van der Waals surface area (Å²) in [6.07, 6.45) is 1.10. The number of benzene rings is 1. The number of alkyl halides is 2. The number of nitrogens with zero attached hydrogens (tertiary/aromatic N) is 1. The first-order chi connectivity index (χ1) is 10.2. The molecule has 1 aromatic rings. The van der Waals surface area contributed by atoms with Crippen molar-refractivity contribution in [3.05, 3.63) is 29.8 Å². The zero-order chi connectivity index (χ0) is 15.2. The zero-order valence-corrected chi connectivity index (χ0v) is 13.0. The lowest BCUT2D eigenvalue weighted by Crippen LogP contribution is -2.42. The molecule has 0 saturated carbocycles. The van der Waals surface area contributed by atoms with Gasteiger partial charge in [-0.25, -0.2) is 0 Å². The second kappa shape index (κ2) is 7.96. The first-order valence-electron chi connectivity index (χ1n) is 7.25. The van der Waals surface area contributed by atoms with Crippen molar-refractivity contribution in [2.45, 2.75) is 31.2 Å². The van der Waals surface area contributed by atoms with Crippen molar-refractivity contribution >= 4 is 11.8 Å². The van der Waals surface area contributed by atoms with Crippen molar-refractivity contribution in [3.63, 3.8) is 0 Å². The van der Waals surface area contributed by atoms with Gasteiger partial charge in [-0.05, 0) is 12.5 Å². The molecule has 0 radical (unpaired) electrons. The van der Waals surface area contributed by atoms with Crippen LogP contribution in [0.5, 0.6) is 5.75 Å². The van der Waals surface area contributed by atoms with E-state index in [0.29, 0.717) is 11.8 Å². The fourth-order valence-corrected chi connectivity index (χ4v) is 3.91. The third kappa shape index (κ3) is 4.31. The summed E-state index contributed by atoms with van der Waals surface area (Å²) in [7, 11) is 0. The maximum absolute atomic E-state index is 12.6. The first kappa shape index (κ1) is 16.5. The Balaban J connectivity index is 2.20. The van der Waals surface area contributed by atoms with Gasteiger partial charge in [-0.2, -0.15) is 20.5 Å². The van der Waals surface area contributed by atoms with E-state index in [9.17, 15) is 8.78 Å². The van der Waals surface area contributed by atoms with E-state index < -0.39 is 6.61 Å². The van der Waals surface area contributed by atoms with Gasteiger partial charge in [-0.3, -0.25) is 4.90 Å². The molecule has 1 aromatic carbocycles. The highest BCUT2D eigenvalue weighted by molar-refractivity contribution is 8.00. The predicted molar refractivity (Wildman–Crippen MR) is 83.0 cm³/mol. The van der Waals surface area contributed by atoms with Gasteiger partial charge in [-0.1, -0.05) is 25.1 Å². The van der Waals surface area contributed by atoms with Crippen molar-refractivity contribution in [2.24, 2.45) is 5.73 Å². The molecule has 0 bridgehead atoms. The molecule has 1 heterocycles. The van der Waals surface area contributed by atoms with E-state index in [1.54, 1.807) is 12.1 Å². The fraction of sp³-hybridized carbons (Fsp3) is 0.600. The summed E-state index contributed by atoms with van der Waals surface area (Å²) in [6.45, 7) is 1.61. The summed E-state index contributed by atoms with van der Waals surface area (Å²) in [5.74, 6) is 1.28. The lowest BCUT2D eigenvalue weighted by molar-refractivity contribution is -0.0511. The van der Waals surface area contributed by atoms with Crippen molar-refractivity contribution in [1.29, 1.82) is 0 Å². The molecule has 21 heavy (non-hydrogen) atoms. The molecule has 0 spiro atoms. The maximum atomic E-state index is 12.6. The Morgan fingerprint density at radius 3 is 2.86 bits per heavy atom. The Morgan fingerprint density at radius 2 is 2.19 bits per heavy atom. The fourth-order valence-electron chi connectivity index (χ4n) is 2.70. The van der Waals surface area contributed by atoms with Gasteiger partial charge in [0.1, 0.15) is 5.75 Å². The van der Waals surface area contributed by atoms with E-state index in [1.165, 1.54) is 0 Å². The minimum absolute atomic E-state index is 0.0742. The number of hydrogen-bond donors (Lipinski definition) is 1. The maximum Gasteiger partial charge on any atom is 0.387 e. The lowest BCUT2D eigenvalue weighted by atomic mass is 10.0. The van der Waals surface area contributed by atoms with Gasteiger partial charge in [0.05, 0.1) is 6.04 Å². The van der Waals surface area contributed by atoms with Gasteiger partial charge >= 0.3 is 6.61 Å². The van der Waals surface area contributed by atoms with E-state index in [-0.39, 0.29) is 11.8 Å². The van der Waals surface area contributed by atoms with E-state index >= 15 is 0 Å². The van der Waals surface area contributed by atoms with Crippen LogP contribution in [0.25, 0.3) is 0 Å². The second-order valence-corrected chi connectivity index (χ2v) is 6.47. The topological polar surface area (TPSA) is 38.5 Å². The Morgan fingerprint density at radius 1 is 1.43 bits per heavy atom. The third-order valence-corrected chi connectivity index (χ3v) is 5.16. The molecule has 2 N–H and O–H groups in total. The van der Waals surface area contributed by atoms with Crippen molar-refractivity contribution in [3.8, 4) is 5.75 Å². The van der Waals surface area contributed by atoms with Crippen LogP contribution in [0.4, 0.5) is 8.78 Å². The molecule has 2 atom stereocenters. The second-order valence-electron chi connectivity index (χ2n) is 5.06. The Hall–Kier alpha value is -0.850. The summed E-state index contributed by atoms with van der Waals surface area (Å²) in [5, 5.41) is 0.580. The molecule has 3 nitrogen and oxygen atoms in total. The third-order valence-electron chi connectivity index (χ3n) is 3.78. The van der Waals surface area contributed by atoms with E-state index in [1.807, 2.05) is 23.9 Å². The van der Waals surface area contributed by atoms with Crippen molar-refractivity contribution in [2.75, 3.05) is 25.4 Å². The highest BCUT2D eigenvalue weighted by Gasteiger charge is 2.27. The van der Waals surface area contributed by atoms with E-state index in [0.717, 1.165) is 30.8 Å². The van der Waals surface area contributed by atoms with Crippen LogP contribution < -0.4 is 10.5 Å². The first-order valence-corrected chi connectivity index (χ1v) is 8.30. The average molecular weight is 316 g/mol. The smallest absolute Gasteiger partial charge is 0.387 e. The molecule has 118 valence electrons. The van der Waals surface area contributed by atoms with Gasteiger partial charge in [0.2, 0.25) is 0 Å². The minimum atomic E-state index is -2.81. The molecule has 6 heteroatoms. The number of rotatable bonds is 6. The quantitative estimate of drug-likeness (QED) is 0.875. The number of nitrogens with two attached hydrogens (primary N) is 1. The molecule has 1 aliphatic heterocycles. The number of ether oxygens (including phenoxy) is 1. The van der Waals surface area contributed by atoms with Gasteiger partial charge in [0.25, 0.3) is 0 Å². The highest BCUT2D eigenvalue weighted by atomic mass is 32.2. The standard InChI is InChI=1S/C15H22F2N2OS/c1-2-11-10-19(7-8-21-11)13(9-18)12-5-3-4-6-14(12)20-15(16)17/h3-6,11,13,15H,2,7-10,18H2,1H3. The normalized spacial score (nSPS) is 21.5. The van der Waals surface area contributed by atoms with Crippen LogP contribution >= 0.6 is 11.8 Å². The van der Waals surface area contributed by atoms with Crippen LogP contribution in [0.1, 0.15) is 24.9 Å². The number of hydrogen-bond acceptors (Lipinski definition) is 4. The summed E-state index contributed by atoms with van der Waals surface area (Å²) in [6, 6.07) is 6.88. The summed E-state index contributed by atoms with van der Waals surface area (Å²) < 4.78 is 29.8. The van der Waals surface area contributed by atoms with Crippen LogP contribution in [0.2, 0.25) is 0 Å². The lowest BCUT2D eigenvalue weighted by Gasteiger charge is -2.38. The summed E-state index contributed by atoms with van der Waals surface area (Å²) >= 11 is 1.97. The van der Waals surface area contributed by atoms with Crippen LogP contribution in [-0.4, -0.2) is 42.1 Å². The van der Waals surface area contributed by atoms with E-state index in [2.05, 4.69) is 16.6 Å². The van der Waals surface area contributed by atoms with E-state index in [4.69, 9.17) is 5.73 Å². The Bertz CT molecular complexity index is 447. The molecule has 0 aromatic heterocycles. The van der Waals surface area contributed by atoms with Gasteiger partial charge < -0.3 is 10.5 Å². The van der Waals surface area contributed by atoms with Crippen LogP contribution in [0, 0.1) is 0 Å². The average Bonchev–Trinajstić information content (AvgIpc) is 2.49. The Labute approximate surface area is 128 Å². The van der Waals surface area contributed by atoms with Gasteiger partial charge in [-0.15, -0.1) is 0 Å². The van der Waals surface area contributed by atoms with Crippen molar-refractivity contribution < 1.29 is 13.5 Å². The predicted octanol–water partition coefficient (Wildman–Crippen LogP) is 3.12. The molecule has 2 rings (SSSR count). The summed E-state index contributed by atoms with van der Waals surface area (Å²) in [5.41, 5.74) is 6.68. The molecule has 0 aliphatic carbocycles. The van der Waals surface area contributed by atoms with Gasteiger partial charge in [0.15, 0.2) is 0 Å². The monoisotopic (exact) mass is 316 g/mol. The molecule has 1 fully saturated rings. The molecule has 0 amide bonds. The highest BCUT2D eigenvalue weighted by Crippen LogP contribution is 2.33. The number of thioether (sulfide) groups is 1. The SMILES string of the molecule is CCC1CN(C(CN)c2ccccc2OC(F)F)CCS1. The van der Waals surface area contributed by atoms with Crippen molar-refractivity contribution in [1.82, 2.24) is 4.90 Å². The largest absolute Gasteiger partial charge is 0.434 e.